The number of aromatic nitrogens is 1. The van der Waals surface area contributed by atoms with E-state index in [-0.39, 0.29) is 5.91 Å². The summed E-state index contributed by atoms with van der Waals surface area (Å²) in [7, 11) is 0. The van der Waals surface area contributed by atoms with Gasteiger partial charge in [-0.1, -0.05) is 41.9 Å². The number of carbonyl (C=O) groups excluding carboxylic acids is 1. The average molecular weight is 327 g/mol. The smallest absolute Gasteiger partial charge is 0.240 e. The first-order valence-electron chi connectivity index (χ1n) is 8.69. The topological polar surface area (TPSA) is 67.2 Å². The van der Waals surface area contributed by atoms with Crippen molar-refractivity contribution in [2.24, 2.45) is 0 Å². The molecule has 1 fully saturated rings. The van der Waals surface area contributed by atoms with Crippen LogP contribution in [0, 0.1) is 6.92 Å². The van der Waals surface area contributed by atoms with Gasteiger partial charge in [0.1, 0.15) is 17.0 Å². The molecule has 1 saturated heterocycles. The molecular formula is C19H25N3O2. The summed E-state index contributed by atoms with van der Waals surface area (Å²) in [5.74, 6) is 0.807. The lowest BCUT2D eigenvalue weighted by molar-refractivity contribution is -0.127. The highest BCUT2D eigenvalue weighted by Gasteiger charge is 2.41. The quantitative estimate of drug-likeness (QED) is 0.856. The van der Waals surface area contributed by atoms with Crippen LogP contribution in [0.2, 0.25) is 0 Å². The number of nitrogens with one attached hydrogen (secondary N) is 2. The van der Waals surface area contributed by atoms with Crippen molar-refractivity contribution < 1.29 is 9.32 Å². The number of rotatable bonds is 6. The van der Waals surface area contributed by atoms with Gasteiger partial charge in [0.25, 0.3) is 0 Å². The third-order valence-corrected chi connectivity index (χ3v) is 4.60. The van der Waals surface area contributed by atoms with Gasteiger partial charge in [-0.15, -0.1) is 0 Å². The molecule has 1 atom stereocenters. The van der Waals surface area contributed by atoms with E-state index in [1.807, 2.05) is 18.2 Å². The Labute approximate surface area is 142 Å². The van der Waals surface area contributed by atoms with E-state index < -0.39 is 5.54 Å². The first-order chi connectivity index (χ1) is 11.6. The molecule has 1 aromatic heterocycles. The number of benzene rings is 1. The Kier molecular flexibility index (Phi) is 5.00. The van der Waals surface area contributed by atoms with Gasteiger partial charge >= 0.3 is 0 Å². The third-order valence-electron chi connectivity index (χ3n) is 4.60. The minimum absolute atomic E-state index is 0.0649. The lowest BCUT2D eigenvalue weighted by atomic mass is 9.90. The van der Waals surface area contributed by atoms with Crippen molar-refractivity contribution in [2.75, 3.05) is 13.1 Å². The van der Waals surface area contributed by atoms with E-state index >= 15 is 0 Å². The molecule has 1 aromatic carbocycles. The van der Waals surface area contributed by atoms with Crippen molar-refractivity contribution in [3.05, 3.63) is 41.7 Å². The van der Waals surface area contributed by atoms with Crippen LogP contribution in [0.4, 0.5) is 0 Å². The van der Waals surface area contributed by atoms with Crippen LogP contribution >= 0.6 is 0 Å². The third kappa shape index (κ3) is 3.51. The molecule has 2 heterocycles. The van der Waals surface area contributed by atoms with Gasteiger partial charge in [0.15, 0.2) is 0 Å². The maximum Gasteiger partial charge on any atom is 0.240 e. The minimum Gasteiger partial charge on any atom is -0.361 e. The Morgan fingerprint density at radius 1 is 1.38 bits per heavy atom. The Balaban J connectivity index is 1.76. The largest absolute Gasteiger partial charge is 0.361 e. The van der Waals surface area contributed by atoms with Crippen LogP contribution in [-0.2, 0) is 11.2 Å². The van der Waals surface area contributed by atoms with Crippen molar-refractivity contribution in [3.8, 4) is 11.3 Å². The molecule has 128 valence electrons. The zero-order chi connectivity index (χ0) is 17.0. The predicted molar refractivity (Wildman–Crippen MR) is 93.6 cm³/mol. The molecule has 2 N–H and O–H groups in total. The van der Waals surface area contributed by atoms with Gasteiger partial charge in [-0.3, -0.25) is 4.79 Å². The zero-order valence-corrected chi connectivity index (χ0v) is 14.4. The van der Waals surface area contributed by atoms with Gasteiger partial charge in [0, 0.05) is 24.6 Å². The highest BCUT2D eigenvalue weighted by atomic mass is 16.5. The maximum absolute atomic E-state index is 12.6. The highest BCUT2D eigenvalue weighted by molar-refractivity contribution is 5.87. The molecule has 3 rings (SSSR count). The van der Waals surface area contributed by atoms with E-state index in [0.717, 1.165) is 42.8 Å². The summed E-state index contributed by atoms with van der Waals surface area (Å²) >= 11 is 0. The van der Waals surface area contributed by atoms with E-state index in [0.29, 0.717) is 13.0 Å². The first kappa shape index (κ1) is 16.7. The second-order valence-electron chi connectivity index (χ2n) is 6.59. The monoisotopic (exact) mass is 327 g/mol. The molecule has 0 aliphatic carbocycles. The number of carbonyl (C=O) groups is 1. The summed E-state index contributed by atoms with van der Waals surface area (Å²) in [4.78, 5) is 12.6. The molecule has 0 radical (unpaired) electrons. The number of aryl methyl sites for hydroxylation is 1. The van der Waals surface area contributed by atoms with Crippen LogP contribution in [0.3, 0.4) is 0 Å². The van der Waals surface area contributed by atoms with Gasteiger partial charge < -0.3 is 15.2 Å². The normalized spacial score (nSPS) is 20.2. The van der Waals surface area contributed by atoms with Crippen LogP contribution < -0.4 is 10.6 Å². The van der Waals surface area contributed by atoms with E-state index in [1.54, 1.807) is 0 Å². The van der Waals surface area contributed by atoms with Gasteiger partial charge in [-0.2, -0.15) is 0 Å². The molecule has 0 unspecified atom stereocenters. The Morgan fingerprint density at radius 2 is 2.17 bits per heavy atom. The standard InChI is InChI=1S/C19H25N3O2/c1-3-10-20-18(23)19(9-4-11-21-19)13-16-12-17(22-24-16)15-7-5-14(2)6-8-15/h5-8,12,21H,3-4,9-11,13H2,1-2H3,(H,20,23)/t19-/m1/s1. The molecular weight excluding hydrogens is 302 g/mol. The lowest BCUT2D eigenvalue weighted by Crippen LogP contribution is -2.55. The van der Waals surface area contributed by atoms with Crippen molar-refractivity contribution in [2.45, 2.75) is 45.1 Å². The zero-order valence-electron chi connectivity index (χ0n) is 14.4. The molecule has 5 nitrogen and oxygen atoms in total. The number of hydrogen-bond acceptors (Lipinski definition) is 4. The van der Waals surface area contributed by atoms with Crippen molar-refractivity contribution in [1.29, 1.82) is 0 Å². The fraction of sp³-hybridized carbons (Fsp3) is 0.474. The SMILES string of the molecule is CCCNC(=O)[C@]1(Cc2cc(-c3ccc(C)cc3)no2)CCCN1. The van der Waals surface area contributed by atoms with Crippen LogP contribution in [0.25, 0.3) is 11.3 Å². The van der Waals surface area contributed by atoms with E-state index in [4.69, 9.17) is 4.52 Å². The van der Waals surface area contributed by atoms with Crippen LogP contribution in [0.5, 0.6) is 0 Å². The second-order valence-corrected chi connectivity index (χ2v) is 6.59. The molecule has 1 aliphatic heterocycles. The highest BCUT2D eigenvalue weighted by Crippen LogP contribution is 2.27. The van der Waals surface area contributed by atoms with Gasteiger partial charge in [0.2, 0.25) is 5.91 Å². The Morgan fingerprint density at radius 3 is 2.83 bits per heavy atom. The van der Waals surface area contributed by atoms with Crippen LogP contribution in [-0.4, -0.2) is 29.7 Å². The van der Waals surface area contributed by atoms with Gasteiger partial charge in [-0.05, 0) is 32.7 Å². The fourth-order valence-electron chi connectivity index (χ4n) is 3.19. The summed E-state index contributed by atoms with van der Waals surface area (Å²) in [5, 5.41) is 10.6. The average Bonchev–Trinajstić information content (AvgIpc) is 3.24. The summed E-state index contributed by atoms with van der Waals surface area (Å²) in [6, 6.07) is 10.1. The Bertz CT molecular complexity index is 685. The molecule has 0 bridgehead atoms. The first-order valence-corrected chi connectivity index (χ1v) is 8.69. The predicted octanol–water partition coefficient (Wildman–Crippen LogP) is 2.84. The van der Waals surface area contributed by atoms with Gasteiger partial charge in [-0.25, -0.2) is 0 Å². The Hall–Kier alpha value is -2.14. The molecule has 0 saturated carbocycles. The molecule has 5 heteroatoms. The number of hydrogen-bond donors (Lipinski definition) is 2. The summed E-state index contributed by atoms with van der Waals surface area (Å²) in [6.45, 7) is 5.67. The number of nitrogens with zero attached hydrogens (tertiary/aromatic N) is 1. The molecule has 1 amide bonds. The molecule has 0 spiro atoms. The van der Waals surface area contributed by atoms with Crippen molar-refractivity contribution >= 4 is 5.91 Å². The van der Waals surface area contributed by atoms with Gasteiger partial charge in [0.05, 0.1) is 0 Å². The fourth-order valence-corrected chi connectivity index (χ4v) is 3.19. The molecule has 2 aromatic rings. The summed E-state index contributed by atoms with van der Waals surface area (Å²) in [5.41, 5.74) is 2.48. The molecule has 24 heavy (non-hydrogen) atoms. The van der Waals surface area contributed by atoms with Crippen LogP contribution in [0.1, 0.15) is 37.5 Å². The van der Waals surface area contributed by atoms with E-state index in [9.17, 15) is 4.79 Å². The lowest BCUT2D eigenvalue weighted by Gasteiger charge is -2.27. The summed E-state index contributed by atoms with van der Waals surface area (Å²) in [6.07, 6.45) is 3.28. The number of amides is 1. The summed E-state index contributed by atoms with van der Waals surface area (Å²) < 4.78 is 5.52. The minimum atomic E-state index is -0.570. The molecule has 1 aliphatic rings. The van der Waals surface area contributed by atoms with E-state index in [2.05, 4.69) is 41.8 Å². The van der Waals surface area contributed by atoms with Crippen molar-refractivity contribution in [1.82, 2.24) is 15.8 Å². The second kappa shape index (κ2) is 7.18. The van der Waals surface area contributed by atoms with Crippen LogP contribution in [0.15, 0.2) is 34.9 Å². The maximum atomic E-state index is 12.6. The van der Waals surface area contributed by atoms with E-state index in [1.165, 1.54) is 5.56 Å². The van der Waals surface area contributed by atoms with Crippen molar-refractivity contribution in [3.63, 3.8) is 0 Å².